The first-order chi connectivity index (χ1) is 9.58. The highest BCUT2D eigenvalue weighted by molar-refractivity contribution is 9.10. The highest BCUT2D eigenvalue weighted by atomic mass is 79.9. The summed E-state index contributed by atoms with van der Waals surface area (Å²) in [6.45, 7) is 2.79. The fraction of sp³-hybridized carbons (Fsp3) is 0.500. The molecule has 0 aliphatic heterocycles. The van der Waals surface area contributed by atoms with E-state index in [1.807, 2.05) is 18.2 Å². The number of halogens is 1. The van der Waals surface area contributed by atoms with E-state index in [4.69, 9.17) is 9.47 Å². The summed E-state index contributed by atoms with van der Waals surface area (Å²) in [5.41, 5.74) is 1.84. The zero-order chi connectivity index (χ0) is 15.0. The number of hydrogen-bond acceptors (Lipinski definition) is 5. The minimum absolute atomic E-state index is 0.0194. The Morgan fingerprint density at radius 3 is 2.90 bits per heavy atom. The van der Waals surface area contributed by atoms with Gasteiger partial charge in [-0.15, -0.1) is 0 Å². The summed E-state index contributed by atoms with van der Waals surface area (Å²) in [6, 6.07) is 5.72. The molecule has 0 saturated heterocycles. The Morgan fingerprint density at radius 1 is 1.50 bits per heavy atom. The van der Waals surface area contributed by atoms with Gasteiger partial charge in [0, 0.05) is 29.4 Å². The Morgan fingerprint density at radius 2 is 2.25 bits per heavy atom. The Hall–Kier alpha value is -1.11. The normalized spacial score (nSPS) is 12.0. The molecule has 1 unspecified atom stereocenters. The van der Waals surface area contributed by atoms with E-state index in [0.29, 0.717) is 13.2 Å². The van der Waals surface area contributed by atoms with Crippen molar-refractivity contribution in [3.05, 3.63) is 28.2 Å². The maximum absolute atomic E-state index is 11.3. The van der Waals surface area contributed by atoms with E-state index in [0.717, 1.165) is 15.7 Å². The second kappa shape index (κ2) is 8.94. The van der Waals surface area contributed by atoms with Gasteiger partial charge in [0.15, 0.2) is 0 Å². The Balaban J connectivity index is 2.56. The first-order valence-corrected chi connectivity index (χ1v) is 7.21. The van der Waals surface area contributed by atoms with Crippen LogP contribution < -0.4 is 5.32 Å². The van der Waals surface area contributed by atoms with Crippen LogP contribution in [0.25, 0.3) is 0 Å². The quantitative estimate of drug-likeness (QED) is 0.707. The van der Waals surface area contributed by atoms with E-state index < -0.39 is 12.1 Å². The van der Waals surface area contributed by atoms with Gasteiger partial charge in [-0.25, -0.2) is 0 Å². The second-order valence-corrected chi connectivity index (χ2v) is 5.10. The third-order valence-corrected chi connectivity index (χ3v) is 3.39. The van der Waals surface area contributed by atoms with Crippen molar-refractivity contribution in [3.63, 3.8) is 0 Å². The van der Waals surface area contributed by atoms with Gasteiger partial charge >= 0.3 is 5.97 Å². The van der Waals surface area contributed by atoms with Gasteiger partial charge in [-0.1, -0.05) is 22.0 Å². The van der Waals surface area contributed by atoms with Crippen LogP contribution in [-0.4, -0.2) is 37.4 Å². The monoisotopic (exact) mass is 345 g/mol. The minimum atomic E-state index is -0.788. The number of rotatable bonds is 8. The molecule has 6 heteroatoms. The molecule has 0 heterocycles. The number of carbonyl (C=O) groups is 1. The fourth-order valence-corrected chi connectivity index (χ4v) is 2.21. The third-order valence-electron chi connectivity index (χ3n) is 2.64. The summed E-state index contributed by atoms with van der Waals surface area (Å²) in [6.07, 6.45) is -0.808. The number of ether oxygens (including phenoxy) is 2. The van der Waals surface area contributed by atoms with E-state index in [-0.39, 0.29) is 13.0 Å². The highest BCUT2D eigenvalue weighted by Gasteiger charge is 2.13. The average molecular weight is 346 g/mol. The lowest BCUT2D eigenvalue weighted by Gasteiger charge is -2.16. The van der Waals surface area contributed by atoms with E-state index >= 15 is 0 Å². The minimum Gasteiger partial charge on any atom is -0.466 e. The van der Waals surface area contributed by atoms with Crippen molar-refractivity contribution in [2.75, 3.05) is 25.6 Å². The van der Waals surface area contributed by atoms with Gasteiger partial charge in [0.05, 0.1) is 25.7 Å². The highest BCUT2D eigenvalue weighted by Crippen LogP contribution is 2.25. The van der Waals surface area contributed by atoms with E-state index in [1.165, 1.54) is 0 Å². The molecular formula is C14H20BrNO4. The Bertz CT molecular complexity index is 439. The number of methoxy groups -OCH3 is 1. The summed E-state index contributed by atoms with van der Waals surface area (Å²) in [5, 5.41) is 12.9. The molecule has 0 aromatic heterocycles. The summed E-state index contributed by atoms with van der Waals surface area (Å²) < 4.78 is 10.9. The first-order valence-electron chi connectivity index (χ1n) is 6.42. The van der Waals surface area contributed by atoms with Crippen LogP contribution in [0.4, 0.5) is 5.69 Å². The number of nitrogens with one attached hydrogen (secondary N) is 1. The predicted molar refractivity (Wildman–Crippen MR) is 80.6 cm³/mol. The SMILES string of the molecule is CCOC(=O)CC(O)CNc1cccc(Br)c1COC. The summed E-state index contributed by atoms with van der Waals surface area (Å²) >= 11 is 3.46. The van der Waals surface area contributed by atoms with Crippen LogP contribution in [0.3, 0.4) is 0 Å². The molecule has 1 rings (SSSR count). The number of carbonyl (C=O) groups excluding carboxylic acids is 1. The molecule has 0 radical (unpaired) electrons. The van der Waals surface area contributed by atoms with Crippen LogP contribution in [0, 0.1) is 0 Å². The zero-order valence-corrected chi connectivity index (χ0v) is 13.3. The molecule has 0 aliphatic carbocycles. The van der Waals surface area contributed by atoms with Crippen LogP contribution >= 0.6 is 15.9 Å². The largest absolute Gasteiger partial charge is 0.466 e. The van der Waals surface area contributed by atoms with Crippen LogP contribution in [0.15, 0.2) is 22.7 Å². The van der Waals surface area contributed by atoms with Gasteiger partial charge in [-0.3, -0.25) is 4.79 Å². The maximum atomic E-state index is 11.3. The standard InChI is InChI=1S/C14H20BrNO4/c1-3-20-14(18)7-10(17)8-16-13-6-4-5-12(15)11(13)9-19-2/h4-6,10,16-17H,3,7-9H2,1-2H3. The fourth-order valence-electron chi connectivity index (χ4n) is 1.73. The summed E-state index contributed by atoms with van der Waals surface area (Å²) in [4.78, 5) is 11.3. The number of aliphatic hydroxyl groups excluding tert-OH is 1. The molecule has 0 aliphatic rings. The zero-order valence-electron chi connectivity index (χ0n) is 11.7. The predicted octanol–water partition coefficient (Wildman–Crippen LogP) is 2.32. The van der Waals surface area contributed by atoms with Crippen molar-refractivity contribution < 1.29 is 19.4 Å². The molecule has 0 saturated carbocycles. The van der Waals surface area contributed by atoms with Crippen molar-refractivity contribution in [1.29, 1.82) is 0 Å². The molecule has 112 valence electrons. The van der Waals surface area contributed by atoms with Crippen LogP contribution in [0.2, 0.25) is 0 Å². The third kappa shape index (κ3) is 5.48. The maximum Gasteiger partial charge on any atom is 0.308 e. The van der Waals surface area contributed by atoms with Crippen LogP contribution in [0.5, 0.6) is 0 Å². The number of hydrogen-bond donors (Lipinski definition) is 2. The Kier molecular flexibility index (Phi) is 7.58. The lowest BCUT2D eigenvalue weighted by molar-refractivity contribution is -0.145. The molecule has 0 spiro atoms. The number of esters is 1. The smallest absolute Gasteiger partial charge is 0.308 e. The average Bonchev–Trinajstić information content (AvgIpc) is 2.40. The van der Waals surface area contributed by atoms with Crippen molar-refractivity contribution >= 4 is 27.6 Å². The van der Waals surface area contributed by atoms with Crippen molar-refractivity contribution in [1.82, 2.24) is 0 Å². The second-order valence-electron chi connectivity index (χ2n) is 4.24. The van der Waals surface area contributed by atoms with E-state index in [2.05, 4.69) is 21.2 Å². The van der Waals surface area contributed by atoms with E-state index in [9.17, 15) is 9.90 Å². The van der Waals surface area contributed by atoms with Crippen molar-refractivity contribution in [2.24, 2.45) is 0 Å². The summed E-state index contributed by atoms with van der Waals surface area (Å²) in [7, 11) is 1.62. The van der Waals surface area contributed by atoms with Gasteiger partial charge < -0.3 is 19.9 Å². The van der Waals surface area contributed by atoms with Gasteiger partial charge in [0.25, 0.3) is 0 Å². The molecule has 20 heavy (non-hydrogen) atoms. The number of aliphatic hydroxyl groups is 1. The topological polar surface area (TPSA) is 67.8 Å². The van der Waals surface area contributed by atoms with Gasteiger partial charge in [0.1, 0.15) is 0 Å². The molecule has 1 aromatic carbocycles. The van der Waals surface area contributed by atoms with Gasteiger partial charge in [-0.05, 0) is 19.1 Å². The first kappa shape index (κ1) is 16.9. The van der Waals surface area contributed by atoms with Gasteiger partial charge in [0.2, 0.25) is 0 Å². The molecule has 1 aromatic rings. The molecule has 2 N–H and O–H groups in total. The molecule has 5 nitrogen and oxygen atoms in total. The van der Waals surface area contributed by atoms with Gasteiger partial charge in [-0.2, -0.15) is 0 Å². The lowest BCUT2D eigenvalue weighted by atomic mass is 10.1. The molecule has 0 amide bonds. The molecule has 0 bridgehead atoms. The number of benzene rings is 1. The van der Waals surface area contributed by atoms with Crippen molar-refractivity contribution in [3.8, 4) is 0 Å². The lowest BCUT2D eigenvalue weighted by Crippen LogP contribution is -2.24. The van der Waals surface area contributed by atoms with Crippen LogP contribution in [0.1, 0.15) is 18.9 Å². The summed E-state index contributed by atoms with van der Waals surface area (Å²) in [5.74, 6) is -0.395. The van der Waals surface area contributed by atoms with Crippen LogP contribution in [-0.2, 0) is 20.9 Å². The molecular weight excluding hydrogens is 326 g/mol. The number of anilines is 1. The Labute approximate surface area is 127 Å². The van der Waals surface area contributed by atoms with Crippen molar-refractivity contribution in [2.45, 2.75) is 26.1 Å². The molecule has 0 fully saturated rings. The molecule has 1 atom stereocenters. The van der Waals surface area contributed by atoms with E-state index in [1.54, 1.807) is 14.0 Å².